The Labute approximate surface area is 62.6 Å². The van der Waals surface area contributed by atoms with Crippen molar-refractivity contribution in [3.05, 3.63) is 0 Å². The van der Waals surface area contributed by atoms with Crippen molar-refractivity contribution < 1.29 is 18.7 Å². The van der Waals surface area contributed by atoms with Crippen molar-refractivity contribution in [2.75, 3.05) is 13.6 Å². The molecule has 1 N–H and O–H groups in total. The van der Waals surface area contributed by atoms with Gasteiger partial charge >= 0.3 is 5.92 Å². The molecule has 1 aliphatic heterocycles. The summed E-state index contributed by atoms with van der Waals surface area (Å²) in [5.41, 5.74) is -2.53. The molecule has 1 fully saturated rings. The van der Waals surface area contributed by atoms with E-state index in [0.717, 1.165) is 11.8 Å². The molecule has 1 atom stereocenters. The van der Waals surface area contributed by atoms with E-state index in [1.165, 1.54) is 7.05 Å². The van der Waals surface area contributed by atoms with E-state index in [-0.39, 0.29) is 0 Å². The Hall–Kier alpha value is -0.710. The van der Waals surface area contributed by atoms with Crippen molar-refractivity contribution in [2.24, 2.45) is 0 Å². The number of nitrogens with zero attached hydrogens (tertiary/aromatic N) is 1. The third kappa shape index (κ3) is 0.910. The van der Waals surface area contributed by atoms with Crippen molar-refractivity contribution in [1.29, 1.82) is 0 Å². The molecule has 1 amide bonds. The van der Waals surface area contributed by atoms with Gasteiger partial charge in [-0.2, -0.15) is 0 Å². The first kappa shape index (κ1) is 8.39. The minimum Gasteiger partial charge on any atom is -0.375 e. The second-order valence-electron chi connectivity index (χ2n) is 2.94. The minimum atomic E-state index is -3.33. The van der Waals surface area contributed by atoms with Gasteiger partial charge in [-0.3, -0.25) is 4.79 Å². The molecule has 0 bridgehead atoms. The summed E-state index contributed by atoms with van der Waals surface area (Å²) in [6, 6.07) is 0. The highest BCUT2D eigenvalue weighted by molar-refractivity contribution is 5.88. The van der Waals surface area contributed by atoms with Gasteiger partial charge in [-0.05, 0) is 6.92 Å². The number of rotatable bonds is 0. The molecule has 0 radical (unpaired) electrons. The molecule has 1 heterocycles. The van der Waals surface area contributed by atoms with Crippen LogP contribution in [-0.2, 0) is 4.79 Å². The number of hydrogen-bond acceptors (Lipinski definition) is 2. The van der Waals surface area contributed by atoms with Gasteiger partial charge in [0.05, 0.1) is 6.54 Å². The number of alkyl halides is 2. The maximum absolute atomic E-state index is 12.7. The molecular weight excluding hydrogens is 156 g/mol. The summed E-state index contributed by atoms with van der Waals surface area (Å²) in [7, 11) is 1.23. The maximum Gasteiger partial charge on any atom is 0.302 e. The van der Waals surface area contributed by atoms with Crippen molar-refractivity contribution in [3.8, 4) is 0 Å². The van der Waals surface area contributed by atoms with Crippen LogP contribution in [0.1, 0.15) is 6.92 Å². The molecule has 0 aromatic carbocycles. The van der Waals surface area contributed by atoms with Gasteiger partial charge in [0.25, 0.3) is 5.91 Å². The second-order valence-corrected chi connectivity index (χ2v) is 2.94. The summed E-state index contributed by atoms with van der Waals surface area (Å²) in [6.07, 6.45) is 0. The summed E-state index contributed by atoms with van der Waals surface area (Å²) in [5, 5.41) is 9.02. The lowest BCUT2D eigenvalue weighted by molar-refractivity contribution is -0.164. The number of likely N-dealkylation sites (tertiary alicyclic amines) is 1. The van der Waals surface area contributed by atoms with Crippen LogP contribution in [0.2, 0.25) is 0 Å². The lowest BCUT2D eigenvalue weighted by Gasteiger charge is -2.20. The smallest absolute Gasteiger partial charge is 0.302 e. The van der Waals surface area contributed by atoms with Gasteiger partial charge < -0.3 is 10.0 Å². The molecule has 0 aromatic rings. The topological polar surface area (TPSA) is 40.5 Å². The van der Waals surface area contributed by atoms with Crippen LogP contribution in [-0.4, -0.2) is 41.0 Å². The zero-order chi connectivity index (χ0) is 8.86. The molecule has 5 heteroatoms. The fraction of sp³-hybridized carbons (Fsp3) is 0.833. The SMILES string of the molecule is CN1CC(F)(F)[C@](C)(O)C1=O. The standard InChI is InChI=1S/C6H9F2NO2/c1-5(11)4(10)9(2)3-6(5,7)8/h11H,3H2,1-2H3/t5-/m1/s1. The average Bonchev–Trinajstić information content (AvgIpc) is 1.93. The van der Waals surface area contributed by atoms with E-state index in [4.69, 9.17) is 5.11 Å². The summed E-state index contributed by atoms with van der Waals surface area (Å²) in [6.45, 7) is 0.123. The van der Waals surface area contributed by atoms with E-state index in [1.54, 1.807) is 0 Å². The second kappa shape index (κ2) is 1.91. The van der Waals surface area contributed by atoms with Crippen molar-refractivity contribution >= 4 is 5.91 Å². The van der Waals surface area contributed by atoms with E-state index in [2.05, 4.69) is 0 Å². The van der Waals surface area contributed by atoms with Gasteiger partial charge in [-0.1, -0.05) is 0 Å². The minimum absolute atomic E-state index is 0.709. The predicted molar refractivity (Wildman–Crippen MR) is 33.2 cm³/mol. The average molecular weight is 165 g/mol. The van der Waals surface area contributed by atoms with E-state index in [0.29, 0.717) is 0 Å². The Bertz CT molecular complexity index is 203. The van der Waals surface area contributed by atoms with E-state index >= 15 is 0 Å². The first-order valence-corrected chi connectivity index (χ1v) is 3.15. The number of aliphatic hydroxyl groups is 1. The Morgan fingerprint density at radius 3 is 2.18 bits per heavy atom. The lowest BCUT2D eigenvalue weighted by atomic mass is 10.0. The largest absolute Gasteiger partial charge is 0.375 e. The number of carbonyl (C=O) groups excluding carboxylic acids is 1. The fourth-order valence-electron chi connectivity index (χ4n) is 1.05. The molecule has 0 aromatic heterocycles. The highest BCUT2D eigenvalue weighted by atomic mass is 19.3. The van der Waals surface area contributed by atoms with Gasteiger partial charge in [0.2, 0.25) is 5.60 Å². The molecule has 3 nitrogen and oxygen atoms in total. The van der Waals surface area contributed by atoms with Crippen LogP contribution in [0.25, 0.3) is 0 Å². The quantitative estimate of drug-likeness (QED) is 0.542. The first-order chi connectivity index (χ1) is 4.79. The van der Waals surface area contributed by atoms with Crippen molar-refractivity contribution in [3.63, 3.8) is 0 Å². The van der Waals surface area contributed by atoms with Gasteiger partial charge in [-0.25, -0.2) is 8.78 Å². The van der Waals surface area contributed by atoms with Crippen LogP contribution in [0.15, 0.2) is 0 Å². The third-order valence-electron chi connectivity index (χ3n) is 1.91. The molecule has 0 aliphatic carbocycles. The molecule has 1 aliphatic rings. The summed E-state index contributed by atoms with van der Waals surface area (Å²) in [4.78, 5) is 11.7. The van der Waals surface area contributed by atoms with Gasteiger partial charge in [0, 0.05) is 7.05 Å². The number of halogens is 2. The van der Waals surface area contributed by atoms with E-state index in [1.807, 2.05) is 0 Å². The molecule has 0 spiro atoms. The lowest BCUT2D eigenvalue weighted by Crippen LogP contribution is -2.46. The summed E-state index contributed by atoms with van der Waals surface area (Å²) in [5.74, 6) is -4.26. The van der Waals surface area contributed by atoms with Crippen molar-refractivity contribution in [1.82, 2.24) is 4.90 Å². The Morgan fingerprint density at radius 2 is 2.09 bits per heavy atom. The van der Waals surface area contributed by atoms with Crippen LogP contribution < -0.4 is 0 Å². The van der Waals surface area contributed by atoms with Gasteiger partial charge in [-0.15, -0.1) is 0 Å². The first-order valence-electron chi connectivity index (χ1n) is 3.15. The molecular formula is C6H9F2NO2. The summed E-state index contributed by atoms with van der Waals surface area (Å²) >= 11 is 0. The predicted octanol–water partition coefficient (Wildman–Crippen LogP) is -0.155. The summed E-state index contributed by atoms with van der Waals surface area (Å²) < 4.78 is 25.4. The van der Waals surface area contributed by atoms with Crippen molar-refractivity contribution in [2.45, 2.75) is 18.4 Å². The molecule has 1 rings (SSSR count). The van der Waals surface area contributed by atoms with Gasteiger partial charge in [0.1, 0.15) is 0 Å². The number of likely N-dealkylation sites (N-methyl/N-ethyl adjacent to an activating group) is 1. The van der Waals surface area contributed by atoms with Crippen LogP contribution in [0.5, 0.6) is 0 Å². The molecule has 1 saturated heterocycles. The monoisotopic (exact) mass is 165 g/mol. The van der Waals surface area contributed by atoms with Gasteiger partial charge in [0.15, 0.2) is 0 Å². The fourth-order valence-corrected chi connectivity index (χ4v) is 1.05. The number of carbonyl (C=O) groups is 1. The third-order valence-corrected chi connectivity index (χ3v) is 1.91. The normalized spacial score (nSPS) is 36.5. The zero-order valence-corrected chi connectivity index (χ0v) is 6.27. The Balaban J connectivity index is 3.02. The highest BCUT2D eigenvalue weighted by Crippen LogP contribution is 2.36. The number of amides is 1. The molecule has 0 unspecified atom stereocenters. The molecule has 0 saturated carbocycles. The van der Waals surface area contributed by atoms with Crippen LogP contribution in [0.4, 0.5) is 8.78 Å². The Morgan fingerprint density at radius 1 is 1.64 bits per heavy atom. The Kier molecular flexibility index (Phi) is 1.46. The highest BCUT2D eigenvalue weighted by Gasteiger charge is 2.61. The van der Waals surface area contributed by atoms with E-state index < -0.39 is 24.0 Å². The van der Waals surface area contributed by atoms with E-state index in [9.17, 15) is 13.6 Å². The molecule has 11 heavy (non-hydrogen) atoms. The number of hydrogen-bond donors (Lipinski definition) is 1. The molecule has 64 valence electrons. The maximum atomic E-state index is 12.7. The van der Waals surface area contributed by atoms with Crippen LogP contribution >= 0.6 is 0 Å². The van der Waals surface area contributed by atoms with Crippen LogP contribution in [0, 0.1) is 0 Å². The van der Waals surface area contributed by atoms with Crippen LogP contribution in [0.3, 0.4) is 0 Å². The zero-order valence-electron chi connectivity index (χ0n) is 6.27.